The first-order valence-electron chi connectivity index (χ1n) is 6.04. The fourth-order valence-electron chi connectivity index (χ4n) is 1.61. The van der Waals surface area contributed by atoms with Crippen LogP contribution in [-0.4, -0.2) is 23.9 Å². The Hall–Kier alpha value is -1.91. The van der Waals surface area contributed by atoms with Crippen molar-refractivity contribution in [3.8, 4) is 0 Å². The number of nitrogens with one attached hydrogen (secondary N) is 1. The standard InChI is InChI=1S/C14H19FN2O2/c1-10(18)17(9-13(19)16-14(2,3)4)12-7-5-11(15)6-8-12/h5-8H,9H2,1-4H3,(H,16,19). The summed E-state index contributed by atoms with van der Waals surface area (Å²) in [7, 11) is 0. The van der Waals surface area contributed by atoms with Gasteiger partial charge in [0.05, 0.1) is 0 Å². The number of carbonyl (C=O) groups is 2. The normalized spacial score (nSPS) is 11.0. The van der Waals surface area contributed by atoms with Gasteiger partial charge in [0.25, 0.3) is 0 Å². The van der Waals surface area contributed by atoms with Crippen LogP contribution in [0.25, 0.3) is 0 Å². The molecule has 1 aromatic rings. The van der Waals surface area contributed by atoms with E-state index in [4.69, 9.17) is 0 Å². The van der Waals surface area contributed by atoms with Gasteiger partial charge in [-0.2, -0.15) is 0 Å². The molecule has 0 unspecified atom stereocenters. The molecule has 0 spiro atoms. The van der Waals surface area contributed by atoms with Crippen molar-refractivity contribution < 1.29 is 14.0 Å². The van der Waals surface area contributed by atoms with Gasteiger partial charge in [-0.3, -0.25) is 9.59 Å². The average Bonchev–Trinajstić information content (AvgIpc) is 2.24. The maximum absolute atomic E-state index is 12.9. The lowest BCUT2D eigenvalue weighted by molar-refractivity contribution is -0.124. The van der Waals surface area contributed by atoms with Gasteiger partial charge in [-0.15, -0.1) is 0 Å². The lowest BCUT2D eigenvalue weighted by atomic mass is 10.1. The fraction of sp³-hybridized carbons (Fsp3) is 0.429. The summed E-state index contributed by atoms with van der Waals surface area (Å²) < 4.78 is 12.9. The average molecular weight is 266 g/mol. The van der Waals surface area contributed by atoms with E-state index in [-0.39, 0.29) is 29.7 Å². The third-order valence-corrected chi connectivity index (χ3v) is 2.33. The highest BCUT2D eigenvalue weighted by Gasteiger charge is 2.19. The van der Waals surface area contributed by atoms with Crippen molar-refractivity contribution in [2.24, 2.45) is 0 Å². The summed E-state index contributed by atoms with van der Waals surface area (Å²) in [6.07, 6.45) is 0. The molecule has 0 heterocycles. The van der Waals surface area contributed by atoms with Crippen LogP contribution in [0.1, 0.15) is 27.7 Å². The molecule has 104 valence electrons. The van der Waals surface area contributed by atoms with Crippen LogP contribution in [0, 0.1) is 5.82 Å². The number of nitrogens with zero attached hydrogens (tertiary/aromatic N) is 1. The van der Waals surface area contributed by atoms with Crippen LogP contribution in [0.5, 0.6) is 0 Å². The molecule has 0 aliphatic carbocycles. The highest BCUT2D eigenvalue weighted by Crippen LogP contribution is 2.15. The molecule has 1 rings (SSSR count). The number of benzene rings is 1. The van der Waals surface area contributed by atoms with Gasteiger partial charge < -0.3 is 10.2 Å². The Bertz CT molecular complexity index is 463. The lowest BCUT2D eigenvalue weighted by Gasteiger charge is -2.25. The minimum Gasteiger partial charge on any atom is -0.350 e. The molecule has 0 bridgehead atoms. The van der Waals surface area contributed by atoms with E-state index >= 15 is 0 Å². The number of hydrogen-bond acceptors (Lipinski definition) is 2. The van der Waals surface area contributed by atoms with Crippen molar-refractivity contribution in [2.75, 3.05) is 11.4 Å². The number of amides is 2. The Morgan fingerprint density at radius 2 is 1.74 bits per heavy atom. The number of carbonyl (C=O) groups excluding carboxylic acids is 2. The third-order valence-electron chi connectivity index (χ3n) is 2.33. The first kappa shape index (κ1) is 15.1. The highest BCUT2D eigenvalue weighted by molar-refractivity contribution is 5.97. The first-order valence-corrected chi connectivity index (χ1v) is 6.04. The molecule has 0 aromatic heterocycles. The Kier molecular flexibility index (Phi) is 4.64. The predicted octanol–water partition coefficient (Wildman–Crippen LogP) is 2.09. The molecule has 0 saturated heterocycles. The summed E-state index contributed by atoms with van der Waals surface area (Å²) in [5.41, 5.74) is 0.139. The van der Waals surface area contributed by atoms with E-state index in [2.05, 4.69) is 5.32 Å². The Morgan fingerprint density at radius 3 is 2.16 bits per heavy atom. The number of anilines is 1. The van der Waals surface area contributed by atoms with Gasteiger partial charge in [-0.1, -0.05) is 0 Å². The molecule has 4 nitrogen and oxygen atoms in total. The van der Waals surface area contributed by atoms with E-state index < -0.39 is 0 Å². The van der Waals surface area contributed by atoms with Gasteiger partial charge in [0.2, 0.25) is 11.8 Å². The predicted molar refractivity (Wildman–Crippen MR) is 72.3 cm³/mol. The summed E-state index contributed by atoms with van der Waals surface area (Å²) in [4.78, 5) is 24.7. The van der Waals surface area contributed by atoms with E-state index in [1.807, 2.05) is 20.8 Å². The molecular formula is C14H19FN2O2. The van der Waals surface area contributed by atoms with Crippen LogP contribution < -0.4 is 10.2 Å². The molecule has 0 radical (unpaired) electrons. The van der Waals surface area contributed by atoms with Crippen LogP contribution in [-0.2, 0) is 9.59 Å². The molecule has 2 amide bonds. The van der Waals surface area contributed by atoms with Gasteiger partial charge >= 0.3 is 0 Å². The van der Waals surface area contributed by atoms with Crippen molar-refractivity contribution in [1.29, 1.82) is 0 Å². The van der Waals surface area contributed by atoms with Gasteiger partial charge in [-0.25, -0.2) is 4.39 Å². The first-order chi connectivity index (χ1) is 8.69. The molecule has 0 saturated carbocycles. The Balaban J connectivity index is 2.82. The van der Waals surface area contributed by atoms with E-state index in [0.29, 0.717) is 5.69 Å². The van der Waals surface area contributed by atoms with Crippen molar-refractivity contribution in [3.05, 3.63) is 30.1 Å². The van der Waals surface area contributed by atoms with Gasteiger partial charge in [-0.05, 0) is 45.0 Å². The number of halogens is 1. The Labute approximate surface area is 112 Å². The van der Waals surface area contributed by atoms with Crippen LogP contribution in [0.3, 0.4) is 0 Å². The minimum atomic E-state index is -0.383. The van der Waals surface area contributed by atoms with E-state index in [1.54, 1.807) is 0 Å². The zero-order valence-corrected chi connectivity index (χ0v) is 11.7. The summed E-state index contributed by atoms with van der Waals surface area (Å²) in [6.45, 7) is 6.87. The highest BCUT2D eigenvalue weighted by atomic mass is 19.1. The monoisotopic (exact) mass is 266 g/mol. The molecular weight excluding hydrogens is 247 g/mol. The number of rotatable bonds is 3. The molecule has 19 heavy (non-hydrogen) atoms. The van der Waals surface area contributed by atoms with E-state index in [0.717, 1.165) is 0 Å². The van der Waals surface area contributed by atoms with Crippen molar-refractivity contribution in [2.45, 2.75) is 33.2 Å². The van der Waals surface area contributed by atoms with Crippen LogP contribution >= 0.6 is 0 Å². The smallest absolute Gasteiger partial charge is 0.240 e. The molecule has 1 aromatic carbocycles. The molecule has 0 fully saturated rings. The summed E-state index contributed by atoms with van der Waals surface area (Å²) in [5, 5.41) is 2.78. The van der Waals surface area contributed by atoms with Gasteiger partial charge in [0.15, 0.2) is 0 Å². The molecule has 5 heteroatoms. The lowest BCUT2D eigenvalue weighted by Crippen LogP contribution is -2.47. The minimum absolute atomic E-state index is 0.0851. The summed E-state index contributed by atoms with van der Waals surface area (Å²) >= 11 is 0. The van der Waals surface area contributed by atoms with Crippen molar-refractivity contribution in [3.63, 3.8) is 0 Å². The fourth-order valence-corrected chi connectivity index (χ4v) is 1.61. The molecule has 0 aliphatic heterocycles. The summed E-state index contributed by atoms with van der Waals surface area (Å²) in [5.74, 6) is -0.908. The second-order valence-electron chi connectivity index (χ2n) is 5.38. The summed E-state index contributed by atoms with van der Waals surface area (Å²) in [6, 6.07) is 5.46. The van der Waals surface area contributed by atoms with Gasteiger partial charge in [0.1, 0.15) is 12.4 Å². The van der Waals surface area contributed by atoms with Crippen molar-refractivity contribution in [1.82, 2.24) is 5.32 Å². The van der Waals surface area contributed by atoms with Crippen LogP contribution in [0.15, 0.2) is 24.3 Å². The second-order valence-corrected chi connectivity index (χ2v) is 5.38. The topological polar surface area (TPSA) is 49.4 Å². The van der Waals surface area contributed by atoms with E-state index in [9.17, 15) is 14.0 Å². The molecule has 0 aliphatic rings. The zero-order valence-electron chi connectivity index (χ0n) is 11.7. The maximum atomic E-state index is 12.9. The van der Waals surface area contributed by atoms with Crippen molar-refractivity contribution >= 4 is 17.5 Å². The SMILES string of the molecule is CC(=O)N(CC(=O)NC(C)(C)C)c1ccc(F)cc1. The largest absolute Gasteiger partial charge is 0.350 e. The maximum Gasteiger partial charge on any atom is 0.240 e. The Morgan fingerprint density at radius 1 is 1.21 bits per heavy atom. The molecule has 0 atom stereocenters. The van der Waals surface area contributed by atoms with E-state index in [1.165, 1.54) is 36.1 Å². The molecule has 1 N–H and O–H groups in total. The number of hydrogen-bond donors (Lipinski definition) is 1. The van der Waals surface area contributed by atoms with Gasteiger partial charge in [0, 0.05) is 18.2 Å². The third kappa shape index (κ3) is 5.07. The van der Waals surface area contributed by atoms with Crippen LogP contribution in [0.4, 0.5) is 10.1 Å². The second kappa shape index (κ2) is 5.82. The van der Waals surface area contributed by atoms with Crippen LogP contribution in [0.2, 0.25) is 0 Å². The zero-order chi connectivity index (χ0) is 14.6. The quantitative estimate of drug-likeness (QED) is 0.910.